The molecule has 0 aliphatic rings. The number of aromatic nitrogens is 2. The second-order valence-electron chi connectivity index (χ2n) is 2.43. The van der Waals surface area contributed by atoms with E-state index in [4.69, 9.17) is 17.0 Å². The molecular weight excluding hydrogens is 190 g/mol. The van der Waals surface area contributed by atoms with Crippen LogP contribution < -0.4 is 10.9 Å². The van der Waals surface area contributed by atoms with Crippen molar-refractivity contribution in [1.82, 2.24) is 15.3 Å². The van der Waals surface area contributed by atoms with Crippen LogP contribution in [0.1, 0.15) is 11.8 Å². The standard InChI is InChI=1S/C7H11N3O2S/c1-8-6(12-2)4-3-9-7(13)10-5(4)11/h3,6,8H,1-2H3,(H2,9,10,11,13). The van der Waals surface area contributed by atoms with Crippen molar-refractivity contribution in [3.05, 3.63) is 26.9 Å². The average Bonchev–Trinajstić information content (AvgIpc) is 2.10. The van der Waals surface area contributed by atoms with E-state index in [0.29, 0.717) is 10.3 Å². The number of rotatable bonds is 3. The van der Waals surface area contributed by atoms with Gasteiger partial charge in [-0.2, -0.15) is 0 Å². The van der Waals surface area contributed by atoms with E-state index in [1.165, 1.54) is 13.3 Å². The Morgan fingerprint density at radius 2 is 2.38 bits per heavy atom. The van der Waals surface area contributed by atoms with Crippen LogP contribution in [0.25, 0.3) is 0 Å². The van der Waals surface area contributed by atoms with E-state index >= 15 is 0 Å². The molecule has 0 radical (unpaired) electrons. The summed E-state index contributed by atoms with van der Waals surface area (Å²) in [4.78, 5) is 16.5. The van der Waals surface area contributed by atoms with Gasteiger partial charge in [0.2, 0.25) is 0 Å². The highest BCUT2D eigenvalue weighted by molar-refractivity contribution is 7.71. The van der Waals surface area contributed by atoms with Crippen LogP contribution in [0, 0.1) is 4.77 Å². The third-order valence-electron chi connectivity index (χ3n) is 1.63. The number of aromatic amines is 2. The molecule has 1 rings (SSSR count). The van der Waals surface area contributed by atoms with E-state index in [2.05, 4.69) is 15.3 Å². The van der Waals surface area contributed by atoms with Crippen molar-refractivity contribution in [2.24, 2.45) is 0 Å². The van der Waals surface area contributed by atoms with Crippen molar-refractivity contribution < 1.29 is 4.74 Å². The van der Waals surface area contributed by atoms with E-state index in [1.807, 2.05) is 0 Å². The first kappa shape index (κ1) is 10.1. The Balaban J connectivity index is 3.14. The molecule has 1 aromatic heterocycles. The molecule has 1 atom stereocenters. The van der Waals surface area contributed by atoms with Crippen molar-refractivity contribution in [2.45, 2.75) is 6.23 Å². The second kappa shape index (κ2) is 4.31. The Labute approximate surface area is 80.1 Å². The lowest BCUT2D eigenvalue weighted by molar-refractivity contribution is 0.0794. The number of ether oxygens (including phenoxy) is 1. The molecule has 1 heterocycles. The first-order valence-corrected chi connectivity index (χ1v) is 4.12. The van der Waals surface area contributed by atoms with Crippen molar-refractivity contribution in [1.29, 1.82) is 0 Å². The lowest BCUT2D eigenvalue weighted by Crippen LogP contribution is -2.26. The van der Waals surface area contributed by atoms with Crippen molar-refractivity contribution in [3.8, 4) is 0 Å². The fourth-order valence-corrected chi connectivity index (χ4v) is 1.17. The van der Waals surface area contributed by atoms with Gasteiger partial charge in [0.15, 0.2) is 4.77 Å². The number of nitrogens with one attached hydrogen (secondary N) is 3. The van der Waals surface area contributed by atoms with Gasteiger partial charge in [0.25, 0.3) is 5.56 Å². The summed E-state index contributed by atoms with van der Waals surface area (Å²) in [6, 6.07) is 0. The molecule has 1 aromatic rings. The molecule has 0 bridgehead atoms. The minimum atomic E-state index is -0.421. The molecule has 0 amide bonds. The second-order valence-corrected chi connectivity index (χ2v) is 2.84. The molecular formula is C7H11N3O2S. The van der Waals surface area contributed by atoms with Gasteiger partial charge < -0.3 is 9.72 Å². The predicted molar refractivity (Wildman–Crippen MR) is 51.1 cm³/mol. The Morgan fingerprint density at radius 1 is 1.69 bits per heavy atom. The molecule has 5 nitrogen and oxygen atoms in total. The maximum Gasteiger partial charge on any atom is 0.258 e. The highest BCUT2D eigenvalue weighted by Gasteiger charge is 2.10. The van der Waals surface area contributed by atoms with E-state index < -0.39 is 6.23 Å². The zero-order valence-corrected chi connectivity index (χ0v) is 8.20. The number of H-pyrrole nitrogens is 2. The molecule has 3 N–H and O–H groups in total. The molecule has 72 valence electrons. The molecule has 0 spiro atoms. The van der Waals surface area contributed by atoms with Gasteiger partial charge in [-0.1, -0.05) is 0 Å². The molecule has 0 saturated heterocycles. The predicted octanol–water partition coefficient (Wildman–Crippen LogP) is 0.297. The Morgan fingerprint density at radius 3 is 2.85 bits per heavy atom. The summed E-state index contributed by atoms with van der Waals surface area (Å²) in [6.45, 7) is 0. The van der Waals surface area contributed by atoms with Gasteiger partial charge in [-0.15, -0.1) is 0 Å². The first-order chi connectivity index (χ1) is 6.19. The molecule has 6 heteroatoms. The van der Waals surface area contributed by atoms with Crippen LogP contribution in [0.4, 0.5) is 0 Å². The van der Waals surface area contributed by atoms with Gasteiger partial charge in [0, 0.05) is 13.3 Å². The summed E-state index contributed by atoms with van der Waals surface area (Å²) in [6.07, 6.45) is 1.11. The summed E-state index contributed by atoms with van der Waals surface area (Å²) in [5.74, 6) is 0. The third-order valence-corrected chi connectivity index (χ3v) is 1.85. The molecule has 0 saturated carbocycles. The minimum Gasteiger partial charge on any atom is -0.362 e. The van der Waals surface area contributed by atoms with Crippen LogP contribution in [0.15, 0.2) is 11.0 Å². The number of methoxy groups -OCH3 is 1. The summed E-state index contributed by atoms with van der Waals surface area (Å²) in [5, 5.41) is 2.83. The van der Waals surface area contributed by atoms with Crippen LogP contribution >= 0.6 is 12.2 Å². The van der Waals surface area contributed by atoms with Gasteiger partial charge in [-0.05, 0) is 19.3 Å². The quantitative estimate of drug-likeness (QED) is 0.486. The maximum absolute atomic E-state index is 11.3. The van der Waals surface area contributed by atoms with Crippen LogP contribution in [0.2, 0.25) is 0 Å². The number of hydrogen-bond acceptors (Lipinski definition) is 4. The highest BCUT2D eigenvalue weighted by Crippen LogP contribution is 2.04. The van der Waals surface area contributed by atoms with E-state index in [9.17, 15) is 4.79 Å². The van der Waals surface area contributed by atoms with E-state index in [-0.39, 0.29) is 5.56 Å². The van der Waals surface area contributed by atoms with Crippen LogP contribution in [-0.4, -0.2) is 24.1 Å². The normalized spacial score (nSPS) is 12.8. The van der Waals surface area contributed by atoms with Gasteiger partial charge in [0.1, 0.15) is 6.23 Å². The molecule has 0 aliphatic carbocycles. The molecule has 0 aromatic carbocycles. The van der Waals surface area contributed by atoms with Crippen LogP contribution in [0.5, 0.6) is 0 Å². The lowest BCUT2D eigenvalue weighted by atomic mass is 10.3. The first-order valence-electron chi connectivity index (χ1n) is 3.71. The van der Waals surface area contributed by atoms with Crippen molar-refractivity contribution in [2.75, 3.05) is 14.2 Å². The summed E-state index contributed by atoms with van der Waals surface area (Å²) in [7, 11) is 3.22. The zero-order valence-electron chi connectivity index (χ0n) is 7.38. The van der Waals surface area contributed by atoms with Gasteiger partial charge in [0.05, 0.1) is 5.56 Å². The molecule has 13 heavy (non-hydrogen) atoms. The van der Waals surface area contributed by atoms with Crippen LogP contribution in [0.3, 0.4) is 0 Å². The number of hydrogen-bond donors (Lipinski definition) is 3. The average molecular weight is 201 g/mol. The molecule has 0 aliphatic heterocycles. The Hall–Kier alpha value is -0.980. The highest BCUT2D eigenvalue weighted by atomic mass is 32.1. The maximum atomic E-state index is 11.3. The molecule has 0 fully saturated rings. The van der Waals surface area contributed by atoms with Crippen molar-refractivity contribution in [3.63, 3.8) is 0 Å². The lowest BCUT2D eigenvalue weighted by Gasteiger charge is -2.12. The Bertz CT molecular complexity index is 380. The van der Waals surface area contributed by atoms with Gasteiger partial charge in [-0.3, -0.25) is 15.1 Å². The summed E-state index contributed by atoms with van der Waals surface area (Å²) in [5.41, 5.74) is 0.226. The third kappa shape index (κ3) is 2.24. The zero-order chi connectivity index (χ0) is 9.84. The minimum absolute atomic E-state index is 0.245. The molecule has 1 unspecified atom stereocenters. The SMILES string of the molecule is CNC(OC)c1c[nH]c(=S)[nH]c1=O. The Kier molecular flexibility index (Phi) is 3.35. The van der Waals surface area contributed by atoms with Crippen LogP contribution in [-0.2, 0) is 4.74 Å². The fourth-order valence-electron chi connectivity index (χ4n) is 1.02. The topological polar surface area (TPSA) is 69.9 Å². The van der Waals surface area contributed by atoms with Crippen molar-refractivity contribution >= 4 is 12.2 Å². The summed E-state index contributed by atoms with van der Waals surface area (Å²) < 4.78 is 5.33. The monoisotopic (exact) mass is 201 g/mol. The smallest absolute Gasteiger partial charge is 0.258 e. The van der Waals surface area contributed by atoms with E-state index in [0.717, 1.165) is 0 Å². The summed E-state index contributed by atoms with van der Waals surface area (Å²) >= 11 is 4.75. The van der Waals surface area contributed by atoms with Gasteiger partial charge >= 0.3 is 0 Å². The fraction of sp³-hybridized carbons (Fsp3) is 0.429. The van der Waals surface area contributed by atoms with E-state index in [1.54, 1.807) is 7.05 Å². The van der Waals surface area contributed by atoms with Gasteiger partial charge in [-0.25, -0.2) is 0 Å². The largest absolute Gasteiger partial charge is 0.362 e.